The second-order valence-corrected chi connectivity index (χ2v) is 6.46. The van der Waals surface area contributed by atoms with Crippen molar-refractivity contribution in [1.29, 1.82) is 5.26 Å². The number of benzene rings is 2. The van der Waals surface area contributed by atoms with E-state index in [4.69, 9.17) is 4.74 Å². The van der Waals surface area contributed by atoms with Gasteiger partial charge in [-0.05, 0) is 24.3 Å². The van der Waals surface area contributed by atoms with E-state index in [0.29, 0.717) is 5.69 Å². The summed E-state index contributed by atoms with van der Waals surface area (Å²) >= 11 is 0. The van der Waals surface area contributed by atoms with Gasteiger partial charge in [-0.3, -0.25) is 14.9 Å². The maximum absolute atomic E-state index is 12.7. The molecule has 0 fully saturated rings. The lowest BCUT2D eigenvalue weighted by Gasteiger charge is -2.09. The van der Waals surface area contributed by atoms with Crippen molar-refractivity contribution in [1.82, 2.24) is 19.6 Å². The maximum Gasteiger partial charge on any atom is 0.311 e. The van der Waals surface area contributed by atoms with Crippen molar-refractivity contribution in [2.75, 3.05) is 5.32 Å². The fraction of sp³-hybridized carbons (Fsp3) is 0.0476. The zero-order valence-electron chi connectivity index (χ0n) is 16.5. The highest BCUT2D eigenvalue weighted by Crippen LogP contribution is 2.26. The first-order valence-corrected chi connectivity index (χ1v) is 9.31. The first kappa shape index (κ1) is 20.3. The normalized spacial score (nSPS) is 10.3. The van der Waals surface area contributed by atoms with Gasteiger partial charge in [-0.25, -0.2) is 9.36 Å². The molecular formula is C21H15N7O4. The number of nitro groups is 1. The molecule has 0 bridgehead atoms. The van der Waals surface area contributed by atoms with Crippen molar-refractivity contribution in [2.45, 2.75) is 6.73 Å². The third-order valence-corrected chi connectivity index (χ3v) is 4.41. The number of ether oxygens (including phenoxy) is 1. The lowest BCUT2D eigenvalue weighted by atomic mass is 10.3. The van der Waals surface area contributed by atoms with Crippen LogP contribution in [-0.2, 0) is 6.73 Å². The summed E-state index contributed by atoms with van der Waals surface area (Å²) in [6.07, 6.45) is 2.87. The van der Waals surface area contributed by atoms with Gasteiger partial charge in [-0.15, -0.1) is 0 Å². The highest BCUT2D eigenvalue weighted by molar-refractivity contribution is 6.03. The Balaban J connectivity index is 1.49. The number of nitrogens with one attached hydrogen (secondary N) is 1. The molecule has 4 rings (SSSR count). The molecular weight excluding hydrogens is 414 g/mol. The smallest absolute Gasteiger partial charge is 0.311 e. The van der Waals surface area contributed by atoms with E-state index in [1.54, 1.807) is 18.2 Å². The number of anilines is 1. The predicted octanol–water partition coefficient (Wildman–Crippen LogP) is 3.14. The number of aromatic nitrogens is 4. The Morgan fingerprint density at radius 2 is 1.91 bits per heavy atom. The molecule has 32 heavy (non-hydrogen) atoms. The van der Waals surface area contributed by atoms with Crippen molar-refractivity contribution in [2.24, 2.45) is 0 Å². The number of carbonyl (C=O) groups excluding carboxylic acids is 1. The van der Waals surface area contributed by atoms with E-state index in [1.807, 2.05) is 24.3 Å². The Morgan fingerprint density at radius 1 is 1.16 bits per heavy atom. The van der Waals surface area contributed by atoms with Crippen molar-refractivity contribution in [3.8, 4) is 17.5 Å². The molecule has 0 atom stereocenters. The second kappa shape index (κ2) is 8.80. The minimum Gasteiger partial charge on any atom is -0.464 e. The van der Waals surface area contributed by atoms with Crippen LogP contribution in [0.2, 0.25) is 0 Å². The van der Waals surface area contributed by atoms with Crippen LogP contribution in [0, 0.1) is 21.4 Å². The number of carbonyl (C=O) groups is 1. The topological polar surface area (TPSA) is 141 Å². The molecule has 11 nitrogen and oxygen atoms in total. The number of nitriles is 1. The molecule has 1 amide bonds. The third kappa shape index (κ3) is 4.14. The summed E-state index contributed by atoms with van der Waals surface area (Å²) in [7, 11) is 0. The Bertz CT molecular complexity index is 1320. The number of nitro benzene ring substituents is 1. The number of amides is 1. The summed E-state index contributed by atoms with van der Waals surface area (Å²) in [6.45, 7) is -0.135. The van der Waals surface area contributed by atoms with Gasteiger partial charge < -0.3 is 10.1 Å². The predicted molar refractivity (Wildman–Crippen MR) is 112 cm³/mol. The van der Waals surface area contributed by atoms with Gasteiger partial charge in [0.25, 0.3) is 5.91 Å². The molecule has 11 heteroatoms. The van der Waals surface area contributed by atoms with Crippen LogP contribution in [0.25, 0.3) is 5.69 Å². The lowest BCUT2D eigenvalue weighted by molar-refractivity contribution is -0.386. The quantitative estimate of drug-likeness (QED) is 0.351. The molecule has 0 aliphatic heterocycles. The Morgan fingerprint density at radius 3 is 2.66 bits per heavy atom. The van der Waals surface area contributed by atoms with Gasteiger partial charge in [-0.2, -0.15) is 15.5 Å². The van der Waals surface area contributed by atoms with Crippen LogP contribution in [0.4, 0.5) is 11.5 Å². The molecule has 0 radical (unpaired) electrons. The van der Waals surface area contributed by atoms with Gasteiger partial charge in [-0.1, -0.05) is 30.3 Å². The summed E-state index contributed by atoms with van der Waals surface area (Å²) in [4.78, 5) is 23.3. The van der Waals surface area contributed by atoms with Gasteiger partial charge >= 0.3 is 5.69 Å². The molecule has 0 saturated heterocycles. The van der Waals surface area contributed by atoms with E-state index in [2.05, 4.69) is 15.5 Å². The van der Waals surface area contributed by atoms with E-state index in [1.165, 1.54) is 46.0 Å². The molecule has 0 spiro atoms. The van der Waals surface area contributed by atoms with Gasteiger partial charge in [0.15, 0.2) is 24.0 Å². The largest absolute Gasteiger partial charge is 0.464 e. The number of hydrogen-bond acceptors (Lipinski definition) is 7. The number of para-hydroxylation sites is 3. The molecule has 2 heterocycles. The van der Waals surface area contributed by atoms with Crippen LogP contribution in [0.3, 0.4) is 0 Å². The minimum atomic E-state index is -0.552. The first-order valence-electron chi connectivity index (χ1n) is 9.31. The molecule has 0 saturated carbocycles. The van der Waals surface area contributed by atoms with Gasteiger partial charge in [0.2, 0.25) is 0 Å². The van der Waals surface area contributed by atoms with E-state index in [0.717, 1.165) is 0 Å². The monoisotopic (exact) mass is 429 g/mol. The molecule has 0 aliphatic rings. The van der Waals surface area contributed by atoms with E-state index in [-0.39, 0.29) is 35.2 Å². The molecule has 1 N–H and O–H groups in total. The van der Waals surface area contributed by atoms with Crippen LogP contribution in [0.1, 0.15) is 16.1 Å². The maximum atomic E-state index is 12.7. The van der Waals surface area contributed by atoms with Crippen LogP contribution in [0.15, 0.2) is 73.1 Å². The highest BCUT2D eigenvalue weighted by atomic mass is 16.6. The summed E-state index contributed by atoms with van der Waals surface area (Å²) in [5, 5.41) is 31.4. The Kier molecular flexibility index (Phi) is 5.58. The SMILES string of the molecule is N#Cc1cnn(-c2ccccc2)c1NC(=O)c1ccn(COc2ccccc2[N+](=O)[O-])n1. The Hall–Kier alpha value is -4.98. The minimum absolute atomic E-state index is 0.0702. The summed E-state index contributed by atoms with van der Waals surface area (Å²) in [5.74, 6) is -0.248. The van der Waals surface area contributed by atoms with E-state index < -0.39 is 10.8 Å². The van der Waals surface area contributed by atoms with Crippen LogP contribution in [0.5, 0.6) is 5.75 Å². The van der Waals surface area contributed by atoms with E-state index in [9.17, 15) is 20.2 Å². The molecule has 158 valence electrons. The summed E-state index contributed by atoms with van der Waals surface area (Å²) in [5.41, 5.74) is 0.769. The van der Waals surface area contributed by atoms with Crippen molar-refractivity contribution < 1.29 is 14.5 Å². The van der Waals surface area contributed by atoms with Gasteiger partial charge in [0, 0.05) is 12.3 Å². The van der Waals surface area contributed by atoms with E-state index >= 15 is 0 Å². The standard InChI is InChI=1S/C21H15N7O4/c22-12-15-13-23-27(16-6-2-1-3-7-16)20(15)24-21(29)17-10-11-26(25-17)14-32-19-9-5-4-8-18(19)28(30)31/h1-11,13H,14H2,(H,24,29). The molecule has 0 unspecified atom stereocenters. The number of hydrogen-bond donors (Lipinski definition) is 1. The summed E-state index contributed by atoms with van der Waals surface area (Å²) < 4.78 is 8.24. The third-order valence-electron chi connectivity index (χ3n) is 4.41. The molecule has 4 aromatic rings. The fourth-order valence-corrected chi connectivity index (χ4v) is 2.91. The average Bonchev–Trinajstić information content (AvgIpc) is 3.45. The number of rotatable bonds is 7. The van der Waals surface area contributed by atoms with Crippen molar-refractivity contribution in [3.63, 3.8) is 0 Å². The van der Waals surface area contributed by atoms with Crippen molar-refractivity contribution in [3.05, 3.63) is 94.4 Å². The van der Waals surface area contributed by atoms with Gasteiger partial charge in [0.05, 0.1) is 16.8 Å². The van der Waals surface area contributed by atoms with Crippen LogP contribution >= 0.6 is 0 Å². The van der Waals surface area contributed by atoms with Gasteiger partial charge in [0.1, 0.15) is 11.6 Å². The van der Waals surface area contributed by atoms with Crippen LogP contribution < -0.4 is 10.1 Å². The summed E-state index contributed by atoms with van der Waals surface area (Å²) in [6, 6.07) is 18.5. The molecule has 2 aromatic heterocycles. The second-order valence-electron chi connectivity index (χ2n) is 6.46. The van der Waals surface area contributed by atoms with Crippen molar-refractivity contribution >= 4 is 17.4 Å². The highest BCUT2D eigenvalue weighted by Gasteiger charge is 2.18. The number of nitrogens with zero attached hydrogens (tertiary/aromatic N) is 6. The fourth-order valence-electron chi connectivity index (χ4n) is 2.91. The average molecular weight is 429 g/mol. The Labute approximate surface area is 181 Å². The molecule has 0 aliphatic carbocycles. The lowest BCUT2D eigenvalue weighted by Crippen LogP contribution is -2.17. The zero-order chi connectivity index (χ0) is 22.5. The first-order chi connectivity index (χ1) is 15.6. The molecule has 2 aromatic carbocycles. The van der Waals surface area contributed by atoms with Crippen LogP contribution in [-0.4, -0.2) is 30.4 Å². The zero-order valence-corrected chi connectivity index (χ0v) is 16.5.